The second-order valence-electron chi connectivity index (χ2n) is 5.74. The molecule has 21 heavy (non-hydrogen) atoms. The van der Waals surface area contributed by atoms with E-state index in [9.17, 15) is 0 Å². The highest BCUT2D eigenvalue weighted by molar-refractivity contribution is 5.95. The van der Waals surface area contributed by atoms with Gasteiger partial charge in [-0.2, -0.15) is 0 Å². The Morgan fingerprint density at radius 2 is 1.76 bits per heavy atom. The van der Waals surface area contributed by atoms with Crippen LogP contribution in [0, 0.1) is 0 Å². The zero-order chi connectivity index (χ0) is 14.2. The number of rotatable bonds is 1. The molecule has 0 radical (unpaired) electrons. The number of hydrogen-bond donors (Lipinski definition) is 1. The minimum atomic E-state index is 0.613. The Balaban J connectivity index is 1.98. The molecule has 0 amide bonds. The number of anilines is 1. The van der Waals surface area contributed by atoms with Gasteiger partial charge >= 0.3 is 0 Å². The van der Waals surface area contributed by atoms with Gasteiger partial charge < -0.3 is 14.8 Å². The van der Waals surface area contributed by atoms with Crippen molar-refractivity contribution < 1.29 is 9.47 Å². The van der Waals surface area contributed by atoms with Crippen molar-refractivity contribution >= 4 is 16.6 Å². The first-order valence-corrected chi connectivity index (χ1v) is 7.79. The van der Waals surface area contributed by atoms with E-state index in [-0.39, 0.29) is 0 Å². The fourth-order valence-corrected chi connectivity index (χ4v) is 3.42. The van der Waals surface area contributed by atoms with Crippen LogP contribution in [0.15, 0.2) is 12.1 Å². The van der Waals surface area contributed by atoms with Gasteiger partial charge in [0.1, 0.15) is 13.2 Å². The minimum absolute atomic E-state index is 0.613. The molecule has 1 aromatic heterocycles. The lowest BCUT2D eigenvalue weighted by atomic mass is 10.0. The van der Waals surface area contributed by atoms with E-state index in [4.69, 9.17) is 14.5 Å². The third-order valence-electron chi connectivity index (χ3n) is 4.43. The fraction of sp³-hybridized carbons (Fsp3) is 0.471. The number of aryl methyl sites for hydroxylation is 1. The van der Waals surface area contributed by atoms with Crippen LogP contribution in [0.25, 0.3) is 10.9 Å². The molecule has 4 heteroatoms. The van der Waals surface area contributed by atoms with Gasteiger partial charge in [0.05, 0.1) is 5.52 Å². The largest absolute Gasteiger partial charge is 0.486 e. The summed E-state index contributed by atoms with van der Waals surface area (Å²) in [5.74, 6) is 1.65. The predicted octanol–water partition coefficient (Wildman–Crippen LogP) is 3.32. The zero-order valence-electron chi connectivity index (χ0n) is 12.4. The molecule has 0 unspecified atom stereocenters. The van der Waals surface area contributed by atoms with Gasteiger partial charge in [-0.25, -0.2) is 0 Å². The number of fused-ring (bicyclic) bond motifs is 3. The number of nitrogens with zero attached hydrogens (tertiary/aromatic N) is 1. The SMILES string of the molecule is CNc1c2c(nc3cc4c(cc13)OCCO4)CCCCC2. The lowest BCUT2D eigenvalue weighted by Crippen LogP contribution is -2.15. The Bertz CT molecular complexity index is 697. The summed E-state index contributed by atoms with van der Waals surface area (Å²) in [6.45, 7) is 1.23. The molecule has 1 aliphatic heterocycles. The van der Waals surface area contributed by atoms with E-state index in [0.29, 0.717) is 13.2 Å². The molecule has 0 fully saturated rings. The van der Waals surface area contributed by atoms with Crippen LogP contribution in [-0.2, 0) is 12.8 Å². The van der Waals surface area contributed by atoms with Crippen LogP contribution in [0.3, 0.4) is 0 Å². The van der Waals surface area contributed by atoms with E-state index in [1.165, 1.54) is 36.2 Å². The van der Waals surface area contributed by atoms with E-state index in [1.807, 2.05) is 13.1 Å². The van der Waals surface area contributed by atoms with Crippen molar-refractivity contribution in [3.8, 4) is 11.5 Å². The first-order valence-electron chi connectivity index (χ1n) is 7.79. The number of pyridine rings is 1. The molecule has 0 atom stereocenters. The van der Waals surface area contributed by atoms with Gasteiger partial charge in [-0.05, 0) is 37.3 Å². The molecule has 0 bridgehead atoms. The second-order valence-corrected chi connectivity index (χ2v) is 5.74. The molecule has 0 spiro atoms. The summed E-state index contributed by atoms with van der Waals surface area (Å²) in [4.78, 5) is 4.92. The molecule has 1 aromatic carbocycles. The molecule has 1 N–H and O–H groups in total. The Kier molecular flexibility index (Phi) is 3.09. The number of aromatic nitrogens is 1. The summed E-state index contributed by atoms with van der Waals surface area (Å²) in [7, 11) is 2.00. The van der Waals surface area contributed by atoms with Gasteiger partial charge in [0.15, 0.2) is 11.5 Å². The van der Waals surface area contributed by atoms with Crippen LogP contribution in [0.5, 0.6) is 11.5 Å². The fourth-order valence-electron chi connectivity index (χ4n) is 3.42. The van der Waals surface area contributed by atoms with Gasteiger partial charge in [-0.3, -0.25) is 4.98 Å². The van der Waals surface area contributed by atoms with Crippen molar-refractivity contribution in [3.63, 3.8) is 0 Å². The minimum Gasteiger partial charge on any atom is -0.486 e. The van der Waals surface area contributed by atoms with E-state index in [0.717, 1.165) is 35.2 Å². The van der Waals surface area contributed by atoms with Crippen molar-refractivity contribution in [1.29, 1.82) is 0 Å². The van der Waals surface area contributed by atoms with Gasteiger partial charge in [0, 0.05) is 29.9 Å². The molecule has 2 aliphatic rings. The molecule has 0 saturated heterocycles. The number of nitrogens with one attached hydrogen (secondary N) is 1. The van der Waals surface area contributed by atoms with Crippen LogP contribution < -0.4 is 14.8 Å². The molecule has 110 valence electrons. The van der Waals surface area contributed by atoms with Crippen molar-refractivity contribution in [2.45, 2.75) is 32.1 Å². The third kappa shape index (κ3) is 2.09. The van der Waals surface area contributed by atoms with E-state index in [1.54, 1.807) is 0 Å². The standard InChI is InChI=1S/C17H20N2O2/c1-18-17-11-5-3-2-4-6-13(11)19-14-10-16-15(9-12(14)17)20-7-8-21-16/h9-10H,2-8H2,1H3,(H,18,19). The van der Waals surface area contributed by atoms with Crippen LogP contribution in [0.2, 0.25) is 0 Å². The average Bonchev–Trinajstić information content (AvgIpc) is 2.75. The van der Waals surface area contributed by atoms with Gasteiger partial charge in [-0.15, -0.1) is 0 Å². The summed E-state index contributed by atoms with van der Waals surface area (Å²) in [6, 6.07) is 4.10. The van der Waals surface area contributed by atoms with Crippen LogP contribution in [0.1, 0.15) is 30.5 Å². The normalized spacial score (nSPS) is 17.2. The molecule has 2 heterocycles. The Hall–Kier alpha value is -1.97. The molecule has 1 aliphatic carbocycles. The highest BCUT2D eigenvalue weighted by Crippen LogP contribution is 2.39. The summed E-state index contributed by atoms with van der Waals surface area (Å²) in [5.41, 5.74) is 4.86. The van der Waals surface area contributed by atoms with E-state index < -0.39 is 0 Å². The maximum atomic E-state index is 5.72. The maximum Gasteiger partial charge on any atom is 0.163 e. The highest BCUT2D eigenvalue weighted by Gasteiger charge is 2.20. The summed E-state index contributed by atoms with van der Waals surface area (Å²) in [5, 5.41) is 4.54. The Morgan fingerprint density at radius 1 is 1.00 bits per heavy atom. The zero-order valence-corrected chi connectivity index (χ0v) is 12.4. The summed E-state index contributed by atoms with van der Waals surface area (Å²) < 4.78 is 11.4. The highest BCUT2D eigenvalue weighted by atomic mass is 16.6. The topological polar surface area (TPSA) is 43.4 Å². The van der Waals surface area contributed by atoms with Gasteiger partial charge in [0.2, 0.25) is 0 Å². The molecule has 4 nitrogen and oxygen atoms in total. The molecule has 0 saturated carbocycles. The van der Waals surface area contributed by atoms with Crippen molar-refractivity contribution in [2.24, 2.45) is 0 Å². The quantitative estimate of drug-likeness (QED) is 0.816. The predicted molar refractivity (Wildman–Crippen MR) is 83.5 cm³/mol. The molecule has 2 aromatic rings. The maximum absolute atomic E-state index is 5.72. The Morgan fingerprint density at radius 3 is 2.57 bits per heavy atom. The number of hydrogen-bond acceptors (Lipinski definition) is 4. The lowest BCUT2D eigenvalue weighted by Gasteiger charge is -2.21. The number of benzene rings is 1. The van der Waals surface area contributed by atoms with Gasteiger partial charge in [-0.1, -0.05) is 6.42 Å². The molecular weight excluding hydrogens is 264 g/mol. The molecule has 4 rings (SSSR count). The van der Waals surface area contributed by atoms with Crippen molar-refractivity contribution in [1.82, 2.24) is 4.98 Å². The third-order valence-corrected chi connectivity index (χ3v) is 4.43. The van der Waals surface area contributed by atoms with Crippen molar-refractivity contribution in [2.75, 3.05) is 25.6 Å². The lowest BCUT2D eigenvalue weighted by molar-refractivity contribution is 0.172. The first kappa shape index (κ1) is 12.7. The van der Waals surface area contributed by atoms with Crippen LogP contribution in [0.4, 0.5) is 5.69 Å². The summed E-state index contributed by atoms with van der Waals surface area (Å²) in [6.07, 6.45) is 5.97. The number of ether oxygens (including phenoxy) is 2. The van der Waals surface area contributed by atoms with Crippen LogP contribution >= 0.6 is 0 Å². The second kappa shape index (κ2) is 5.10. The van der Waals surface area contributed by atoms with Gasteiger partial charge in [0.25, 0.3) is 0 Å². The smallest absolute Gasteiger partial charge is 0.163 e. The van der Waals surface area contributed by atoms with Crippen LogP contribution in [-0.4, -0.2) is 25.2 Å². The van der Waals surface area contributed by atoms with E-state index >= 15 is 0 Å². The average molecular weight is 284 g/mol. The monoisotopic (exact) mass is 284 g/mol. The van der Waals surface area contributed by atoms with E-state index in [2.05, 4.69) is 11.4 Å². The Labute approximate surface area is 124 Å². The first-order chi connectivity index (χ1) is 10.4. The van der Waals surface area contributed by atoms with Crippen molar-refractivity contribution in [3.05, 3.63) is 23.4 Å². The molecular formula is C17H20N2O2. The summed E-state index contributed by atoms with van der Waals surface area (Å²) >= 11 is 0.